The van der Waals surface area contributed by atoms with Crippen LogP contribution in [-0.2, 0) is 4.74 Å². The molecule has 96 valence electrons. The number of alkyl halides is 1. The lowest BCUT2D eigenvalue weighted by molar-refractivity contribution is 0.0626. The van der Waals surface area contributed by atoms with Crippen LogP contribution in [0.3, 0.4) is 0 Å². The molecule has 2 heterocycles. The minimum atomic E-state index is -0.660. The van der Waals surface area contributed by atoms with E-state index in [2.05, 4.69) is 17.3 Å². The van der Waals surface area contributed by atoms with Crippen LogP contribution >= 0.6 is 23.2 Å². The fraction of sp³-hybridized carbons (Fsp3) is 0.667. The number of likely N-dealkylation sites (tertiary alicyclic amines) is 1. The fourth-order valence-electron chi connectivity index (χ4n) is 2.10. The maximum absolute atomic E-state index is 6.20. The fourth-order valence-corrected chi connectivity index (χ4v) is 2.66. The topological polar surface area (TPSA) is 24.5 Å². The standard InChI is InChI=1S/C12H18Cl2N2O/c1-12(14)8-10(7-11(13)15-12)17-9-3-5-16(2)6-4-9/h7-9,15H,3-6H2,1-2H3. The molecular formula is C12H18Cl2N2O. The molecule has 0 amide bonds. The highest BCUT2D eigenvalue weighted by Gasteiger charge is 2.25. The number of ether oxygens (including phenoxy) is 1. The smallest absolute Gasteiger partial charge is 0.132 e. The van der Waals surface area contributed by atoms with Gasteiger partial charge in [-0.15, -0.1) is 0 Å². The number of hydrogen-bond acceptors (Lipinski definition) is 3. The largest absolute Gasteiger partial charge is 0.490 e. The molecule has 0 aromatic rings. The third-order valence-corrected chi connectivity index (χ3v) is 3.42. The zero-order valence-corrected chi connectivity index (χ0v) is 11.7. The first-order valence-electron chi connectivity index (χ1n) is 5.87. The molecule has 17 heavy (non-hydrogen) atoms. The van der Waals surface area contributed by atoms with E-state index in [1.54, 1.807) is 6.08 Å². The third-order valence-electron chi connectivity index (χ3n) is 3.01. The SMILES string of the molecule is CN1CCC(OC2=CC(C)(Cl)NC(Cl)=C2)CC1. The molecule has 2 aliphatic rings. The van der Waals surface area contributed by atoms with Crippen molar-refractivity contribution in [3.63, 3.8) is 0 Å². The summed E-state index contributed by atoms with van der Waals surface area (Å²) in [6.07, 6.45) is 6.00. The minimum Gasteiger partial charge on any atom is -0.490 e. The van der Waals surface area contributed by atoms with Gasteiger partial charge in [-0.25, -0.2) is 0 Å². The maximum atomic E-state index is 6.20. The van der Waals surface area contributed by atoms with Gasteiger partial charge in [-0.2, -0.15) is 0 Å². The van der Waals surface area contributed by atoms with Crippen LogP contribution in [-0.4, -0.2) is 36.1 Å². The van der Waals surface area contributed by atoms with Crippen molar-refractivity contribution in [2.24, 2.45) is 0 Å². The summed E-state index contributed by atoms with van der Waals surface area (Å²) in [5.74, 6) is 0.765. The highest BCUT2D eigenvalue weighted by Crippen LogP contribution is 2.26. The monoisotopic (exact) mass is 276 g/mol. The van der Waals surface area contributed by atoms with Crippen LogP contribution < -0.4 is 5.32 Å². The third kappa shape index (κ3) is 3.80. The number of rotatable bonds is 2. The van der Waals surface area contributed by atoms with Crippen molar-refractivity contribution < 1.29 is 4.74 Å². The molecule has 2 rings (SSSR count). The van der Waals surface area contributed by atoms with Gasteiger partial charge in [-0.3, -0.25) is 0 Å². The van der Waals surface area contributed by atoms with Gasteiger partial charge >= 0.3 is 0 Å². The summed E-state index contributed by atoms with van der Waals surface area (Å²) >= 11 is 12.2. The number of dihydropyridines is 1. The maximum Gasteiger partial charge on any atom is 0.132 e. The van der Waals surface area contributed by atoms with Crippen LogP contribution in [0, 0.1) is 0 Å². The summed E-state index contributed by atoms with van der Waals surface area (Å²) in [4.78, 5) is 1.65. The molecule has 1 unspecified atom stereocenters. The molecule has 0 bridgehead atoms. The Morgan fingerprint density at radius 1 is 1.47 bits per heavy atom. The summed E-state index contributed by atoms with van der Waals surface area (Å²) in [5.41, 5.74) is 0. The molecule has 0 spiro atoms. The van der Waals surface area contributed by atoms with Crippen molar-refractivity contribution in [2.75, 3.05) is 20.1 Å². The second-order valence-corrected chi connectivity index (χ2v) is 6.05. The van der Waals surface area contributed by atoms with Crippen LogP contribution in [0.25, 0.3) is 0 Å². The molecule has 2 aliphatic heterocycles. The van der Waals surface area contributed by atoms with Crippen molar-refractivity contribution in [1.82, 2.24) is 10.2 Å². The lowest BCUT2D eigenvalue weighted by atomic mass is 10.1. The van der Waals surface area contributed by atoms with E-state index in [1.807, 2.05) is 13.0 Å². The molecule has 1 N–H and O–H groups in total. The summed E-state index contributed by atoms with van der Waals surface area (Å²) in [5, 5.41) is 3.48. The Hall–Kier alpha value is -0.380. The molecule has 0 saturated carbocycles. The Labute approximate surface area is 112 Å². The Balaban J connectivity index is 1.96. The van der Waals surface area contributed by atoms with E-state index in [-0.39, 0.29) is 6.10 Å². The molecule has 1 saturated heterocycles. The average Bonchev–Trinajstić information content (AvgIpc) is 2.18. The van der Waals surface area contributed by atoms with Gasteiger partial charge < -0.3 is 15.0 Å². The lowest BCUT2D eigenvalue weighted by Gasteiger charge is -2.32. The Bertz CT molecular complexity index is 344. The second-order valence-electron chi connectivity index (χ2n) is 4.86. The van der Waals surface area contributed by atoms with E-state index < -0.39 is 5.00 Å². The Morgan fingerprint density at radius 3 is 2.71 bits per heavy atom. The van der Waals surface area contributed by atoms with Crippen LogP contribution in [0.1, 0.15) is 19.8 Å². The number of hydrogen-bond donors (Lipinski definition) is 1. The molecular weight excluding hydrogens is 259 g/mol. The number of nitrogens with zero attached hydrogens (tertiary/aromatic N) is 1. The van der Waals surface area contributed by atoms with Crippen LogP contribution in [0.4, 0.5) is 0 Å². The molecule has 5 heteroatoms. The summed E-state index contributed by atoms with van der Waals surface area (Å²) < 4.78 is 5.94. The van der Waals surface area contributed by atoms with Crippen LogP contribution in [0.5, 0.6) is 0 Å². The predicted molar refractivity (Wildman–Crippen MR) is 71.0 cm³/mol. The summed E-state index contributed by atoms with van der Waals surface area (Å²) in [6, 6.07) is 0. The Kier molecular flexibility index (Phi) is 3.91. The molecule has 1 atom stereocenters. The van der Waals surface area contributed by atoms with E-state index >= 15 is 0 Å². The molecule has 0 aliphatic carbocycles. The van der Waals surface area contributed by atoms with E-state index in [4.69, 9.17) is 27.9 Å². The molecule has 1 fully saturated rings. The summed E-state index contributed by atoms with van der Waals surface area (Å²) in [7, 11) is 2.13. The number of piperidine rings is 1. The van der Waals surface area contributed by atoms with Gasteiger partial charge in [0.2, 0.25) is 0 Å². The predicted octanol–water partition coefficient (Wildman–Crippen LogP) is 2.62. The van der Waals surface area contributed by atoms with Gasteiger partial charge in [0, 0.05) is 19.2 Å². The van der Waals surface area contributed by atoms with E-state index in [0.29, 0.717) is 5.16 Å². The van der Waals surface area contributed by atoms with Gasteiger partial charge in [0.1, 0.15) is 22.0 Å². The van der Waals surface area contributed by atoms with Crippen molar-refractivity contribution in [2.45, 2.75) is 30.9 Å². The van der Waals surface area contributed by atoms with Gasteiger partial charge in [0.15, 0.2) is 0 Å². The van der Waals surface area contributed by atoms with Crippen molar-refractivity contribution in [1.29, 1.82) is 0 Å². The second kappa shape index (κ2) is 5.09. The van der Waals surface area contributed by atoms with Gasteiger partial charge in [-0.05, 0) is 32.9 Å². The van der Waals surface area contributed by atoms with Crippen molar-refractivity contribution >= 4 is 23.2 Å². The van der Waals surface area contributed by atoms with E-state index in [1.165, 1.54) is 0 Å². The van der Waals surface area contributed by atoms with Gasteiger partial charge in [0.25, 0.3) is 0 Å². The van der Waals surface area contributed by atoms with Crippen molar-refractivity contribution in [3.8, 4) is 0 Å². The van der Waals surface area contributed by atoms with E-state index in [9.17, 15) is 0 Å². The number of nitrogens with one attached hydrogen (secondary N) is 1. The molecule has 0 aromatic heterocycles. The number of allylic oxidation sites excluding steroid dienone is 1. The normalized spacial score (nSPS) is 31.5. The Morgan fingerprint density at radius 2 is 2.12 bits per heavy atom. The first-order chi connectivity index (χ1) is 7.94. The molecule has 0 radical (unpaired) electrons. The average molecular weight is 277 g/mol. The minimum absolute atomic E-state index is 0.267. The van der Waals surface area contributed by atoms with Gasteiger partial charge in [-0.1, -0.05) is 23.2 Å². The van der Waals surface area contributed by atoms with Gasteiger partial charge in [0.05, 0.1) is 0 Å². The quantitative estimate of drug-likeness (QED) is 0.620. The van der Waals surface area contributed by atoms with Crippen LogP contribution in [0.15, 0.2) is 23.1 Å². The molecule has 3 nitrogen and oxygen atoms in total. The van der Waals surface area contributed by atoms with Crippen LogP contribution in [0.2, 0.25) is 0 Å². The lowest BCUT2D eigenvalue weighted by Crippen LogP contribution is -2.37. The molecule has 0 aromatic carbocycles. The highest BCUT2D eigenvalue weighted by molar-refractivity contribution is 6.31. The van der Waals surface area contributed by atoms with Crippen molar-refractivity contribution in [3.05, 3.63) is 23.1 Å². The first-order valence-corrected chi connectivity index (χ1v) is 6.62. The zero-order chi connectivity index (χ0) is 12.5. The van der Waals surface area contributed by atoms with E-state index in [0.717, 1.165) is 31.7 Å². The summed E-state index contributed by atoms with van der Waals surface area (Å²) in [6.45, 7) is 4.00. The highest BCUT2D eigenvalue weighted by atomic mass is 35.5. The first kappa shape index (κ1) is 13.1. The zero-order valence-electron chi connectivity index (χ0n) is 10.2. The number of halogens is 2.